The summed E-state index contributed by atoms with van der Waals surface area (Å²) in [7, 11) is 0. The number of rotatable bonds is 6. The molecule has 0 radical (unpaired) electrons. The number of hydrazone groups is 1. The van der Waals surface area contributed by atoms with Gasteiger partial charge in [0.1, 0.15) is 11.6 Å². The summed E-state index contributed by atoms with van der Waals surface area (Å²) in [6, 6.07) is 12.1. The van der Waals surface area contributed by atoms with Crippen LogP contribution >= 0.6 is 11.8 Å². The monoisotopic (exact) mass is 412 g/mol. The van der Waals surface area contributed by atoms with Gasteiger partial charge in [0, 0.05) is 34.3 Å². The van der Waals surface area contributed by atoms with E-state index in [2.05, 4.69) is 20.5 Å². The van der Waals surface area contributed by atoms with E-state index in [0.717, 1.165) is 35.3 Å². The van der Waals surface area contributed by atoms with E-state index in [-0.39, 0.29) is 5.56 Å². The van der Waals surface area contributed by atoms with E-state index in [4.69, 9.17) is 0 Å². The molecule has 0 aliphatic heterocycles. The molecule has 1 heterocycles. The minimum Gasteiger partial charge on any atom is -0.267 e. The van der Waals surface area contributed by atoms with Gasteiger partial charge in [0.2, 0.25) is 0 Å². The molecule has 0 fully saturated rings. The van der Waals surface area contributed by atoms with Gasteiger partial charge in [-0.1, -0.05) is 23.9 Å². The second-order valence-corrected chi connectivity index (χ2v) is 7.23. The largest absolute Gasteiger partial charge is 0.271 e. The predicted octanol–water partition coefficient (Wildman–Crippen LogP) is 4.43. The molecular weight excluding hydrogens is 394 g/mol. The Kier molecular flexibility index (Phi) is 6.66. The second kappa shape index (κ2) is 9.38. The zero-order chi connectivity index (χ0) is 20.8. The van der Waals surface area contributed by atoms with Gasteiger partial charge in [0.15, 0.2) is 5.16 Å². The Balaban J connectivity index is 1.56. The number of aromatic nitrogens is 2. The van der Waals surface area contributed by atoms with Crippen molar-refractivity contribution in [2.45, 2.75) is 24.8 Å². The summed E-state index contributed by atoms with van der Waals surface area (Å²) < 4.78 is 26.4. The van der Waals surface area contributed by atoms with Crippen molar-refractivity contribution in [1.29, 1.82) is 0 Å². The molecule has 5 nitrogen and oxygen atoms in total. The summed E-state index contributed by atoms with van der Waals surface area (Å²) in [5.41, 5.74) is 5.68. The fraction of sp³-hybridized carbons (Fsp3) is 0.143. The summed E-state index contributed by atoms with van der Waals surface area (Å²) in [5, 5.41) is 4.43. The van der Waals surface area contributed by atoms with Crippen molar-refractivity contribution in [1.82, 2.24) is 15.4 Å². The third-order valence-corrected chi connectivity index (χ3v) is 4.80. The SMILES string of the molecule is Cc1cc(C)nc(SCc2ccc(C(=O)N/N=C\c3ccc(F)cc3F)cc2)n1. The Labute approximate surface area is 171 Å². The van der Waals surface area contributed by atoms with Crippen molar-refractivity contribution >= 4 is 23.9 Å². The van der Waals surface area contributed by atoms with Gasteiger partial charge in [-0.05, 0) is 49.7 Å². The van der Waals surface area contributed by atoms with Crippen LogP contribution in [0.5, 0.6) is 0 Å². The number of carbonyl (C=O) groups is 1. The molecule has 29 heavy (non-hydrogen) atoms. The van der Waals surface area contributed by atoms with E-state index in [9.17, 15) is 13.6 Å². The quantitative estimate of drug-likeness (QED) is 0.282. The Morgan fingerprint density at radius 3 is 2.41 bits per heavy atom. The van der Waals surface area contributed by atoms with Crippen molar-refractivity contribution < 1.29 is 13.6 Å². The number of nitrogens with zero attached hydrogens (tertiary/aromatic N) is 3. The lowest BCUT2D eigenvalue weighted by Crippen LogP contribution is -2.17. The van der Waals surface area contributed by atoms with Crippen molar-refractivity contribution in [3.05, 3.63) is 88.2 Å². The minimum absolute atomic E-state index is 0.0766. The molecule has 0 unspecified atom stereocenters. The van der Waals surface area contributed by atoms with Crippen LogP contribution in [-0.4, -0.2) is 22.1 Å². The molecule has 148 valence electrons. The first-order valence-electron chi connectivity index (χ1n) is 8.73. The van der Waals surface area contributed by atoms with E-state index in [0.29, 0.717) is 16.5 Å². The van der Waals surface area contributed by atoms with Gasteiger partial charge >= 0.3 is 0 Å². The number of thioether (sulfide) groups is 1. The van der Waals surface area contributed by atoms with E-state index < -0.39 is 17.5 Å². The highest BCUT2D eigenvalue weighted by Gasteiger charge is 2.06. The number of carbonyl (C=O) groups excluding carboxylic acids is 1. The second-order valence-electron chi connectivity index (χ2n) is 6.28. The molecule has 3 aromatic rings. The Morgan fingerprint density at radius 1 is 1.07 bits per heavy atom. The Hall–Kier alpha value is -3.13. The van der Waals surface area contributed by atoms with Crippen LogP contribution in [0.25, 0.3) is 0 Å². The topological polar surface area (TPSA) is 67.2 Å². The van der Waals surface area contributed by atoms with Crippen molar-refractivity contribution in [3.63, 3.8) is 0 Å². The highest BCUT2D eigenvalue weighted by Crippen LogP contribution is 2.20. The van der Waals surface area contributed by atoms with Gasteiger partial charge in [-0.3, -0.25) is 4.79 Å². The molecule has 2 aromatic carbocycles. The van der Waals surface area contributed by atoms with Crippen LogP contribution in [0.4, 0.5) is 8.78 Å². The number of nitrogens with one attached hydrogen (secondary N) is 1. The summed E-state index contributed by atoms with van der Waals surface area (Å²) in [6.45, 7) is 3.86. The fourth-order valence-electron chi connectivity index (χ4n) is 2.49. The smallest absolute Gasteiger partial charge is 0.267 e. The minimum atomic E-state index is -0.752. The lowest BCUT2D eigenvalue weighted by molar-refractivity contribution is 0.0955. The number of hydrogen-bond donors (Lipinski definition) is 1. The van der Waals surface area contributed by atoms with Gasteiger partial charge in [-0.15, -0.1) is 0 Å². The molecule has 0 atom stereocenters. The van der Waals surface area contributed by atoms with Crippen molar-refractivity contribution in [2.24, 2.45) is 5.10 Å². The molecule has 0 saturated carbocycles. The number of halogens is 2. The summed E-state index contributed by atoms with van der Waals surface area (Å²) in [5.74, 6) is -1.18. The molecule has 0 spiro atoms. The molecule has 8 heteroatoms. The van der Waals surface area contributed by atoms with Crippen LogP contribution in [0.3, 0.4) is 0 Å². The number of hydrogen-bond acceptors (Lipinski definition) is 5. The molecule has 1 N–H and O–H groups in total. The predicted molar refractivity (Wildman–Crippen MR) is 109 cm³/mol. The molecule has 0 aliphatic carbocycles. The maximum atomic E-state index is 13.5. The average Bonchev–Trinajstić information content (AvgIpc) is 2.67. The normalized spacial score (nSPS) is 11.0. The van der Waals surface area contributed by atoms with E-state index in [1.54, 1.807) is 12.1 Å². The molecule has 0 bridgehead atoms. The molecule has 0 aliphatic rings. The highest BCUT2D eigenvalue weighted by atomic mass is 32.2. The molecule has 1 amide bonds. The highest BCUT2D eigenvalue weighted by molar-refractivity contribution is 7.98. The summed E-state index contributed by atoms with van der Waals surface area (Å²) in [4.78, 5) is 20.9. The number of benzene rings is 2. The third-order valence-electron chi connectivity index (χ3n) is 3.88. The first-order valence-corrected chi connectivity index (χ1v) is 9.72. The van der Waals surface area contributed by atoms with Crippen LogP contribution in [0.15, 0.2) is 58.8 Å². The molecule has 0 saturated heterocycles. The average molecular weight is 412 g/mol. The summed E-state index contributed by atoms with van der Waals surface area (Å²) in [6.07, 6.45) is 1.13. The maximum absolute atomic E-state index is 13.5. The Morgan fingerprint density at radius 2 is 1.76 bits per heavy atom. The number of amides is 1. The van der Waals surface area contributed by atoms with Gasteiger partial charge in [0.25, 0.3) is 5.91 Å². The van der Waals surface area contributed by atoms with Crippen LogP contribution in [-0.2, 0) is 5.75 Å². The maximum Gasteiger partial charge on any atom is 0.271 e. The number of aryl methyl sites for hydroxylation is 2. The van der Waals surface area contributed by atoms with Gasteiger partial charge in [-0.25, -0.2) is 24.2 Å². The Bertz CT molecular complexity index is 1030. The van der Waals surface area contributed by atoms with E-state index in [1.165, 1.54) is 17.8 Å². The van der Waals surface area contributed by atoms with Crippen LogP contribution in [0, 0.1) is 25.5 Å². The van der Waals surface area contributed by atoms with Crippen LogP contribution < -0.4 is 5.43 Å². The molecule has 1 aromatic heterocycles. The summed E-state index contributed by atoms with van der Waals surface area (Å²) >= 11 is 1.52. The van der Waals surface area contributed by atoms with E-state index >= 15 is 0 Å². The lowest BCUT2D eigenvalue weighted by Gasteiger charge is -2.05. The van der Waals surface area contributed by atoms with Crippen LogP contribution in [0.2, 0.25) is 0 Å². The van der Waals surface area contributed by atoms with Crippen molar-refractivity contribution in [2.75, 3.05) is 0 Å². The fourth-order valence-corrected chi connectivity index (χ4v) is 3.39. The van der Waals surface area contributed by atoms with E-state index in [1.807, 2.05) is 32.0 Å². The van der Waals surface area contributed by atoms with Crippen molar-refractivity contribution in [3.8, 4) is 0 Å². The van der Waals surface area contributed by atoms with Gasteiger partial charge in [-0.2, -0.15) is 5.10 Å². The standard InChI is InChI=1S/C21H18F2N4OS/c1-13-9-14(2)26-21(25-13)29-12-15-3-5-16(6-4-15)20(28)27-24-11-17-7-8-18(22)10-19(17)23/h3-11H,12H2,1-2H3,(H,27,28)/b24-11-. The van der Waals surface area contributed by atoms with Gasteiger partial charge < -0.3 is 0 Å². The lowest BCUT2D eigenvalue weighted by atomic mass is 10.1. The molecular formula is C21H18F2N4OS. The first-order chi connectivity index (χ1) is 13.9. The first kappa shape index (κ1) is 20.6. The molecule has 3 rings (SSSR count). The van der Waals surface area contributed by atoms with Gasteiger partial charge in [0.05, 0.1) is 6.21 Å². The zero-order valence-corrected chi connectivity index (χ0v) is 16.6. The van der Waals surface area contributed by atoms with Crippen LogP contribution in [0.1, 0.15) is 32.9 Å². The zero-order valence-electron chi connectivity index (χ0n) is 15.8. The third kappa shape index (κ3) is 5.92.